The zero-order valence-corrected chi connectivity index (χ0v) is 16.6. The van der Waals surface area contributed by atoms with Crippen LogP contribution < -0.4 is 0 Å². The second-order valence-corrected chi connectivity index (χ2v) is 11.1. The fraction of sp³-hybridized carbons (Fsp3) is 1.00. The van der Waals surface area contributed by atoms with Gasteiger partial charge in [-0.3, -0.25) is 16.8 Å². The summed E-state index contributed by atoms with van der Waals surface area (Å²) < 4.78 is 82.4. The second-order valence-electron chi connectivity index (χ2n) is 4.48. The van der Waals surface area contributed by atoms with E-state index in [2.05, 4.69) is 12.5 Å². The van der Waals surface area contributed by atoms with Gasteiger partial charge in [-0.2, -0.15) is 16.8 Å². The lowest BCUT2D eigenvalue weighted by atomic mass is 10.4. The topological polar surface area (TPSA) is 130 Å². The summed E-state index contributed by atoms with van der Waals surface area (Å²) in [7, 11) is -8.13. The molecule has 0 aliphatic rings. The lowest BCUT2D eigenvalue weighted by molar-refractivity contribution is 0.283. The Morgan fingerprint density at radius 1 is 0.870 bits per heavy atom. The molecule has 0 radical (unpaired) electrons. The lowest BCUT2D eigenvalue weighted by Gasteiger charge is -2.12. The standard InChI is InChI=1S/C10H22O9S4/c1-9(20(4)11)18-22(13,14)7-5-6-8-23(15,16)19-10(2)21(12)17-3/h9-10H,5-8H2,1-4H3. The monoisotopic (exact) mass is 414 g/mol. The van der Waals surface area contributed by atoms with Crippen molar-refractivity contribution in [2.45, 2.75) is 37.6 Å². The van der Waals surface area contributed by atoms with Gasteiger partial charge in [0.1, 0.15) is 5.44 Å². The van der Waals surface area contributed by atoms with Crippen LogP contribution in [0.15, 0.2) is 0 Å². The van der Waals surface area contributed by atoms with Gasteiger partial charge in [0.05, 0.1) is 18.6 Å². The summed E-state index contributed by atoms with van der Waals surface area (Å²) in [6, 6.07) is 0. The van der Waals surface area contributed by atoms with Gasteiger partial charge in [-0.1, -0.05) is 0 Å². The molecule has 0 N–H and O–H groups in total. The molecule has 140 valence electrons. The molecule has 0 heterocycles. The number of rotatable bonds is 12. The third kappa shape index (κ3) is 10.5. The van der Waals surface area contributed by atoms with Crippen LogP contribution in [0, 0.1) is 0 Å². The molecule has 0 bridgehead atoms. The zero-order chi connectivity index (χ0) is 18.3. The summed E-state index contributed by atoms with van der Waals surface area (Å²) in [5.41, 5.74) is -2.12. The van der Waals surface area contributed by atoms with Gasteiger partial charge in [-0.15, -0.1) is 0 Å². The van der Waals surface area contributed by atoms with Crippen molar-refractivity contribution in [3.8, 4) is 0 Å². The van der Waals surface area contributed by atoms with Gasteiger partial charge >= 0.3 is 0 Å². The van der Waals surface area contributed by atoms with Crippen molar-refractivity contribution in [1.29, 1.82) is 0 Å². The quantitative estimate of drug-likeness (QED) is 0.316. The van der Waals surface area contributed by atoms with Gasteiger partial charge in [0, 0.05) is 17.1 Å². The van der Waals surface area contributed by atoms with E-state index in [1.54, 1.807) is 0 Å². The van der Waals surface area contributed by atoms with Crippen molar-refractivity contribution in [1.82, 2.24) is 0 Å². The van der Waals surface area contributed by atoms with Crippen LogP contribution in [-0.2, 0) is 54.7 Å². The first kappa shape index (κ1) is 23.1. The fourth-order valence-corrected chi connectivity index (χ4v) is 5.11. The van der Waals surface area contributed by atoms with Crippen LogP contribution >= 0.6 is 0 Å². The molecule has 23 heavy (non-hydrogen) atoms. The van der Waals surface area contributed by atoms with Crippen molar-refractivity contribution in [3.05, 3.63) is 0 Å². The molecule has 4 atom stereocenters. The Labute approximate surface area is 142 Å². The minimum atomic E-state index is -3.95. The molecule has 0 saturated heterocycles. The first-order chi connectivity index (χ1) is 10.4. The van der Waals surface area contributed by atoms with Gasteiger partial charge in [0.2, 0.25) is 0 Å². The lowest BCUT2D eigenvalue weighted by Crippen LogP contribution is -2.23. The molecule has 0 saturated carbocycles. The predicted molar refractivity (Wildman–Crippen MR) is 87.1 cm³/mol. The Balaban J connectivity index is 4.30. The van der Waals surface area contributed by atoms with Gasteiger partial charge in [-0.05, 0) is 26.7 Å². The van der Waals surface area contributed by atoms with Crippen molar-refractivity contribution in [2.24, 2.45) is 0 Å². The summed E-state index contributed by atoms with van der Waals surface area (Å²) in [4.78, 5) is 0. The maximum absolute atomic E-state index is 11.6. The molecule has 0 aliphatic carbocycles. The normalized spacial score (nSPS) is 18.3. The number of unbranched alkanes of at least 4 members (excludes halogenated alkanes) is 1. The van der Waals surface area contributed by atoms with E-state index in [0.29, 0.717) is 0 Å². The summed E-state index contributed by atoms with van der Waals surface area (Å²) in [5, 5.41) is 0. The van der Waals surface area contributed by atoms with Crippen LogP contribution in [0.2, 0.25) is 0 Å². The van der Waals surface area contributed by atoms with E-state index in [0.717, 1.165) is 7.11 Å². The molecule has 9 nitrogen and oxygen atoms in total. The first-order valence-corrected chi connectivity index (χ1v) is 12.4. The molecule has 0 aromatic heterocycles. The third-order valence-corrected chi connectivity index (χ3v) is 7.49. The van der Waals surface area contributed by atoms with Crippen LogP contribution in [0.5, 0.6) is 0 Å². The Morgan fingerprint density at radius 2 is 1.26 bits per heavy atom. The number of hydrogen-bond donors (Lipinski definition) is 0. The summed E-state index contributed by atoms with van der Waals surface area (Å²) in [6.45, 7) is 2.64. The van der Waals surface area contributed by atoms with Crippen LogP contribution in [0.3, 0.4) is 0 Å². The molecule has 0 aromatic carbocycles. The molecular weight excluding hydrogens is 392 g/mol. The molecular formula is C10H22O9S4. The smallest absolute Gasteiger partial charge is 0.268 e. The van der Waals surface area contributed by atoms with Gasteiger partial charge in [-0.25, -0.2) is 4.21 Å². The molecule has 0 fully saturated rings. The summed E-state index contributed by atoms with van der Waals surface area (Å²) >= 11 is -1.90. The predicted octanol–water partition coefficient (Wildman–Crippen LogP) is -0.160. The third-order valence-electron chi connectivity index (χ3n) is 2.51. The Morgan fingerprint density at radius 3 is 1.61 bits per heavy atom. The van der Waals surface area contributed by atoms with E-state index in [9.17, 15) is 25.3 Å². The molecule has 0 aromatic rings. The molecule has 4 unspecified atom stereocenters. The molecule has 0 amide bonds. The van der Waals surface area contributed by atoms with Crippen LogP contribution in [0.25, 0.3) is 0 Å². The summed E-state index contributed by atoms with van der Waals surface area (Å²) in [6.07, 6.45) is 1.35. The van der Waals surface area contributed by atoms with E-state index < -0.39 is 64.5 Å². The first-order valence-electron chi connectivity index (χ1n) is 6.49. The minimum Gasteiger partial charge on any atom is -0.292 e. The second kappa shape index (κ2) is 10.2. The van der Waals surface area contributed by atoms with E-state index in [1.807, 2.05) is 0 Å². The minimum absolute atomic E-state index is 0.0147. The highest BCUT2D eigenvalue weighted by molar-refractivity contribution is 7.89. The van der Waals surface area contributed by atoms with Gasteiger partial charge < -0.3 is 0 Å². The van der Waals surface area contributed by atoms with Crippen molar-refractivity contribution < 1.29 is 37.8 Å². The van der Waals surface area contributed by atoms with Crippen molar-refractivity contribution in [3.63, 3.8) is 0 Å². The zero-order valence-electron chi connectivity index (χ0n) is 13.3. The van der Waals surface area contributed by atoms with E-state index in [4.69, 9.17) is 0 Å². The van der Waals surface area contributed by atoms with E-state index in [-0.39, 0.29) is 12.8 Å². The van der Waals surface area contributed by atoms with Gasteiger partial charge in [0.15, 0.2) is 16.5 Å². The molecule has 13 heteroatoms. The fourth-order valence-electron chi connectivity index (χ4n) is 1.29. The van der Waals surface area contributed by atoms with E-state index >= 15 is 0 Å². The SMILES string of the molecule is COS(=O)C(C)OS(=O)(=O)CCCCS(=O)(=O)OC(C)S(C)=O. The Hall–Kier alpha value is 0.0800. The molecule has 0 rings (SSSR count). The molecule has 0 spiro atoms. The molecule has 0 aliphatic heterocycles. The highest BCUT2D eigenvalue weighted by Gasteiger charge is 2.22. The highest BCUT2D eigenvalue weighted by atomic mass is 32.2. The summed E-state index contributed by atoms with van der Waals surface area (Å²) in [5.74, 6) is -0.827. The average Bonchev–Trinajstić information content (AvgIpc) is 2.41. The van der Waals surface area contributed by atoms with Crippen molar-refractivity contribution >= 4 is 42.1 Å². The largest absolute Gasteiger partial charge is 0.292 e. The van der Waals surface area contributed by atoms with Crippen LogP contribution in [-0.4, -0.2) is 61.0 Å². The van der Waals surface area contributed by atoms with Crippen molar-refractivity contribution in [2.75, 3.05) is 24.9 Å². The van der Waals surface area contributed by atoms with Crippen LogP contribution in [0.4, 0.5) is 0 Å². The Kier molecular flexibility index (Phi) is 10.2. The maximum Gasteiger partial charge on any atom is 0.268 e. The Bertz CT molecular complexity index is 610. The highest BCUT2D eigenvalue weighted by Crippen LogP contribution is 2.10. The van der Waals surface area contributed by atoms with E-state index in [1.165, 1.54) is 20.1 Å². The average molecular weight is 415 g/mol. The number of hydrogen-bond acceptors (Lipinski definition) is 9. The van der Waals surface area contributed by atoms with Gasteiger partial charge in [0.25, 0.3) is 20.2 Å². The van der Waals surface area contributed by atoms with Crippen LogP contribution in [0.1, 0.15) is 26.7 Å². The maximum atomic E-state index is 11.6.